The van der Waals surface area contributed by atoms with Gasteiger partial charge < -0.3 is 25.0 Å². The molecule has 1 atom stereocenters. The maximum Gasteiger partial charge on any atom is 0.258 e. The number of carbonyl (C=O) groups excluding carboxylic acids is 2. The average molecular weight is 395 g/mol. The Morgan fingerprint density at radius 1 is 1.21 bits per heavy atom. The molecule has 2 amide bonds. The van der Waals surface area contributed by atoms with E-state index >= 15 is 0 Å². The van der Waals surface area contributed by atoms with Crippen molar-refractivity contribution in [3.05, 3.63) is 53.6 Å². The van der Waals surface area contributed by atoms with Crippen molar-refractivity contribution in [2.45, 2.75) is 32.0 Å². The fraction of sp³-hybridized carbons (Fsp3) is 0.364. The summed E-state index contributed by atoms with van der Waals surface area (Å²) in [5, 5.41) is 6.19. The molecule has 1 heterocycles. The van der Waals surface area contributed by atoms with Crippen LogP contribution in [0.1, 0.15) is 41.9 Å². The lowest BCUT2D eigenvalue weighted by molar-refractivity contribution is -0.123. The minimum absolute atomic E-state index is 0.0439. The highest BCUT2D eigenvalue weighted by Crippen LogP contribution is 2.42. The minimum Gasteiger partial charge on any atom is -0.493 e. The summed E-state index contributed by atoms with van der Waals surface area (Å²) in [6.07, 6.45) is 1.74. The summed E-state index contributed by atoms with van der Waals surface area (Å²) >= 11 is 0. The van der Waals surface area contributed by atoms with Gasteiger partial charge in [0.25, 0.3) is 11.8 Å². The summed E-state index contributed by atoms with van der Waals surface area (Å²) in [5.41, 5.74) is 2.43. The highest BCUT2D eigenvalue weighted by molar-refractivity contribution is 6.02. The Morgan fingerprint density at radius 3 is 2.72 bits per heavy atom. The van der Waals surface area contributed by atoms with E-state index in [1.165, 1.54) is 0 Å². The molecule has 7 heteroatoms. The molecular weight excluding hydrogens is 370 g/mol. The van der Waals surface area contributed by atoms with Crippen LogP contribution >= 0.6 is 0 Å². The van der Waals surface area contributed by atoms with Crippen LogP contribution in [0.25, 0.3) is 0 Å². The van der Waals surface area contributed by atoms with Gasteiger partial charge in [0.1, 0.15) is 6.17 Å². The average Bonchev–Trinajstić information content (AvgIpc) is 3.57. The molecule has 4 rings (SSSR count). The third-order valence-electron chi connectivity index (χ3n) is 5.14. The second kappa shape index (κ2) is 8.03. The number of nitrogens with zero attached hydrogens (tertiary/aromatic N) is 1. The molecule has 0 spiro atoms. The molecule has 2 aliphatic rings. The summed E-state index contributed by atoms with van der Waals surface area (Å²) in [5.74, 6) is 0.871. The fourth-order valence-corrected chi connectivity index (χ4v) is 3.61. The largest absolute Gasteiger partial charge is 0.493 e. The van der Waals surface area contributed by atoms with E-state index < -0.39 is 0 Å². The Kier molecular flexibility index (Phi) is 5.29. The highest BCUT2D eigenvalue weighted by Gasteiger charge is 2.42. The molecule has 152 valence electrons. The number of methoxy groups -OCH3 is 1. The van der Waals surface area contributed by atoms with Gasteiger partial charge in [0.05, 0.1) is 12.7 Å². The molecule has 1 aliphatic carbocycles. The molecule has 0 saturated heterocycles. The summed E-state index contributed by atoms with van der Waals surface area (Å²) in [6, 6.07) is 13.4. The van der Waals surface area contributed by atoms with Crippen LogP contribution in [0.2, 0.25) is 0 Å². The molecule has 29 heavy (non-hydrogen) atoms. The number of fused-ring (bicyclic) bond motifs is 1. The Bertz CT molecular complexity index is 926. The molecule has 1 unspecified atom stereocenters. The number of para-hydroxylation sites is 1. The minimum atomic E-state index is -0.281. The molecule has 2 aromatic carbocycles. The number of nitrogens with one attached hydrogen (secondary N) is 2. The second-order valence-electron chi connectivity index (χ2n) is 7.19. The molecule has 0 aromatic heterocycles. The molecule has 1 fully saturated rings. The van der Waals surface area contributed by atoms with E-state index in [-0.39, 0.29) is 30.6 Å². The number of anilines is 1. The van der Waals surface area contributed by atoms with Gasteiger partial charge in [0.2, 0.25) is 0 Å². The van der Waals surface area contributed by atoms with Crippen LogP contribution in [0.4, 0.5) is 5.69 Å². The number of likely N-dealkylation sites (N-methyl/N-ethyl adjacent to an activating group) is 1. The Hall–Kier alpha value is -3.22. The lowest BCUT2D eigenvalue weighted by Crippen LogP contribution is -2.44. The molecule has 7 nitrogen and oxygen atoms in total. The van der Waals surface area contributed by atoms with Gasteiger partial charge in [-0.05, 0) is 49.6 Å². The predicted octanol–water partition coefficient (Wildman–Crippen LogP) is 2.94. The third kappa shape index (κ3) is 3.85. The van der Waals surface area contributed by atoms with Gasteiger partial charge in [-0.25, -0.2) is 0 Å². The monoisotopic (exact) mass is 395 g/mol. The van der Waals surface area contributed by atoms with E-state index in [1.54, 1.807) is 13.2 Å². The van der Waals surface area contributed by atoms with Crippen molar-refractivity contribution in [3.63, 3.8) is 0 Å². The number of ether oxygens (including phenoxy) is 2. The normalized spacial score (nSPS) is 17.9. The smallest absolute Gasteiger partial charge is 0.258 e. The Labute approximate surface area is 170 Å². The van der Waals surface area contributed by atoms with Crippen LogP contribution in [-0.2, 0) is 4.79 Å². The predicted molar refractivity (Wildman–Crippen MR) is 109 cm³/mol. The Balaban J connectivity index is 1.61. The van der Waals surface area contributed by atoms with Crippen LogP contribution in [0.5, 0.6) is 11.5 Å². The molecule has 1 aliphatic heterocycles. The number of rotatable bonds is 7. The second-order valence-corrected chi connectivity index (χ2v) is 7.19. The van der Waals surface area contributed by atoms with Crippen molar-refractivity contribution in [1.29, 1.82) is 0 Å². The van der Waals surface area contributed by atoms with Gasteiger partial charge in [-0.2, -0.15) is 0 Å². The lowest BCUT2D eigenvalue weighted by atomic mass is 10.0. The van der Waals surface area contributed by atoms with Crippen LogP contribution < -0.4 is 20.1 Å². The molecule has 2 N–H and O–H groups in total. The fourth-order valence-electron chi connectivity index (χ4n) is 3.61. The number of carbonyl (C=O) groups is 2. The van der Waals surface area contributed by atoms with Crippen LogP contribution in [0.15, 0.2) is 42.5 Å². The van der Waals surface area contributed by atoms with Crippen molar-refractivity contribution in [2.24, 2.45) is 0 Å². The number of hydrogen-bond donors (Lipinski definition) is 2. The van der Waals surface area contributed by atoms with Gasteiger partial charge in [-0.15, -0.1) is 0 Å². The van der Waals surface area contributed by atoms with Gasteiger partial charge in [-0.1, -0.05) is 18.2 Å². The third-order valence-corrected chi connectivity index (χ3v) is 5.14. The van der Waals surface area contributed by atoms with Crippen molar-refractivity contribution in [3.8, 4) is 11.5 Å². The zero-order chi connectivity index (χ0) is 20.4. The first-order valence-electron chi connectivity index (χ1n) is 9.88. The topological polar surface area (TPSA) is 79.9 Å². The van der Waals surface area contributed by atoms with Crippen LogP contribution in [0, 0.1) is 0 Å². The molecular formula is C22H25N3O4. The first-order valence-corrected chi connectivity index (χ1v) is 9.88. The Morgan fingerprint density at radius 2 is 2.00 bits per heavy atom. The van der Waals surface area contributed by atoms with E-state index in [0.717, 1.165) is 24.1 Å². The van der Waals surface area contributed by atoms with Crippen molar-refractivity contribution < 1.29 is 19.1 Å². The maximum atomic E-state index is 13.1. The van der Waals surface area contributed by atoms with E-state index in [2.05, 4.69) is 10.6 Å². The first-order chi connectivity index (χ1) is 14.1. The molecule has 0 radical (unpaired) electrons. The highest BCUT2D eigenvalue weighted by atomic mass is 16.5. The summed E-state index contributed by atoms with van der Waals surface area (Å²) in [6.45, 7) is 2.33. The maximum absolute atomic E-state index is 13.1. The van der Waals surface area contributed by atoms with Crippen molar-refractivity contribution >= 4 is 17.5 Å². The number of amides is 2. The SMILES string of the molecule is CCNC(=O)COc1ccc(C2Nc3ccccc3C(=O)N2C2CC2)cc1OC. The van der Waals surface area contributed by atoms with Crippen LogP contribution in [-0.4, -0.2) is 43.0 Å². The van der Waals surface area contributed by atoms with Gasteiger partial charge in [0.15, 0.2) is 18.1 Å². The zero-order valence-electron chi connectivity index (χ0n) is 16.6. The van der Waals surface area contributed by atoms with E-state index in [4.69, 9.17) is 9.47 Å². The van der Waals surface area contributed by atoms with Gasteiger partial charge in [0, 0.05) is 18.3 Å². The van der Waals surface area contributed by atoms with Crippen molar-refractivity contribution in [2.75, 3.05) is 25.6 Å². The lowest BCUT2D eigenvalue weighted by Gasteiger charge is -2.38. The summed E-state index contributed by atoms with van der Waals surface area (Å²) < 4.78 is 11.1. The van der Waals surface area contributed by atoms with E-state index in [1.807, 2.05) is 48.2 Å². The summed E-state index contributed by atoms with van der Waals surface area (Å²) in [4.78, 5) is 26.7. The zero-order valence-corrected chi connectivity index (χ0v) is 16.6. The molecule has 2 aromatic rings. The van der Waals surface area contributed by atoms with Gasteiger partial charge in [-0.3, -0.25) is 9.59 Å². The van der Waals surface area contributed by atoms with Crippen LogP contribution in [0.3, 0.4) is 0 Å². The number of hydrogen-bond acceptors (Lipinski definition) is 5. The number of benzene rings is 2. The summed E-state index contributed by atoms with van der Waals surface area (Å²) in [7, 11) is 1.56. The van der Waals surface area contributed by atoms with Gasteiger partial charge >= 0.3 is 0 Å². The first kappa shape index (κ1) is 19.1. The standard InChI is InChI=1S/C22H25N3O4/c1-3-23-20(26)13-29-18-11-8-14(12-19(18)28-2)21-24-17-7-5-4-6-16(17)22(27)25(21)15-9-10-15/h4-8,11-12,15,21,24H,3,9-10,13H2,1-2H3,(H,23,26). The molecule has 0 bridgehead atoms. The van der Waals surface area contributed by atoms with Crippen molar-refractivity contribution in [1.82, 2.24) is 10.2 Å². The molecule has 1 saturated carbocycles. The quantitative estimate of drug-likeness (QED) is 0.754. The van der Waals surface area contributed by atoms with E-state index in [0.29, 0.717) is 23.6 Å². The van der Waals surface area contributed by atoms with E-state index in [9.17, 15) is 9.59 Å².